The van der Waals surface area contributed by atoms with Crippen molar-refractivity contribution < 1.29 is 21.5 Å². The summed E-state index contributed by atoms with van der Waals surface area (Å²) in [5.41, 5.74) is 0.378. The van der Waals surface area contributed by atoms with Gasteiger partial charge < -0.3 is 0 Å². The zero-order valence-electron chi connectivity index (χ0n) is 8.80. The molecule has 7 heteroatoms. The average molecular weight is 289 g/mol. The van der Waals surface area contributed by atoms with Crippen molar-refractivity contribution in [3.8, 4) is 5.75 Å². The first-order valence-corrected chi connectivity index (χ1v) is 7.74. The minimum atomic E-state index is -4.92. The van der Waals surface area contributed by atoms with Crippen LogP contribution in [0.5, 0.6) is 5.75 Å². The Hall–Kier alpha value is -1.23. The Morgan fingerprint density at radius 1 is 1.44 bits per heavy atom. The van der Waals surface area contributed by atoms with Crippen molar-refractivity contribution in [1.82, 2.24) is 0 Å². The van der Waals surface area contributed by atoms with Crippen LogP contribution < -0.4 is 14.4 Å². The van der Waals surface area contributed by atoms with E-state index in [0.717, 1.165) is 0 Å². The van der Waals surface area contributed by atoms with Crippen molar-refractivity contribution in [1.29, 1.82) is 0 Å². The fraction of sp³-hybridized carbons (Fsp3) is 0.222. The SMILES string of the molecule is COc1cc([As](=O)(O)O)ccc1NC(C)=O. The maximum absolute atomic E-state index is 11.0. The fourth-order valence-electron chi connectivity index (χ4n) is 1.15. The first-order chi connectivity index (χ1) is 7.34. The summed E-state index contributed by atoms with van der Waals surface area (Å²) in [5, 5.41) is 2.49. The third-order valence-corrected chi connectivity index (χ3v) is 3.83. The molecule has 1 aromatic rings. The average Bonchev–Trinajstić information content (AvgIpc) is 2.15. The summed E-state index contributed by atoms with van der Waals surface area (Å²) in [5.74, 6) is -0.0648. The Morgan fingerprint density at radius 3 is 2.50 bits per heavy atom. The Kier molecular flexibility index (Phi) is 3.80. The standard InChI is InChI=1S/C9H12AsNO5/c1-6(12)11-8-4-3-7(10(13,14)15)5-9(8)16-2/h3-5H,1-2H3,(H,11,12)(H2,13,14,15). The van der Waals surface area contributed by atoms with E-state index in [1.165, 1.54) is 32.2 Å². The second-order valence-corrected chi connectivity index (χ2v) is 6.48. The van der Waals surface area contributed by atoms with Crippen molar-refractivity contribution >= 4 is 30.1 Å². The van der Waals surface area contributed by atoms with Crippen LogP contribution in [0, 0.1) is 0 Å². The molecule has 6 nitrogen and oxygen atoms in total. The molecule has 0 aliphatic heterocycles. The summed E-state index contributed by atoms with van der Waals surface area (Å²) in [6.07, 6.45) is 0. The van der Waals surface area contributed by atoms with Crippen molar-refractivity contribution in [2.24, 2.45) is 0 Å². The molecular weight excluding hydrogens is 277 g/mol. The third-order valence-electron chi connectivity index (χ3n) is 1.83. The predicted molar refractivity (Wildman–Crippen MR) is 57.8 cm³/mol. The van der Waals surface area contributed by atoms with Crippen molar-refractivity contribution in [3.05, 3.63) is 18.2 Å². The molecule has 0 heterocycles. The van der Waals surface area contributed by atoms with Crippen LogP contribution in [0.2, 0.25) is 0 Å². The summed E-state index contributed by atoms with van der Waals surface area (Å²) < 4.78 is 33.9. The summed E-state index contributed by atoms with van der Waals surface area (Å²) in [7, 11) is 1.36. The number of methoxy groups -OCH3 is 1. The quantitative estimate of drug-likeness (QED) is 0.634. The molecule has 1 rings (SSSR count). The van der Waals surface area contributed by atoms with Gasteiger partial charge in [0.25, 0.3) is 0 Å². The first kappa shape index (κ1) is 12.8. The van der Waals surface area contributed by atoms with Crippen LogP contribution >= 0.6 is 0 Å². The third kappa shape index (κ3) is 3.13. The number of anilines is 1. The van der Waals surface area contributed by atoms with Gasteiger partial charge in [-0.3, -0.25) is 0 Å². The monoisotopic (exact) mass is 289 g/mol. The molecule has 0 aliphatic carbocycles. The molecule has 0 unspecified atom stereocenters. The minimum absolute atomic E-state index is 0.0934. The Bertz CT molecular complexity index is 453. The van der Waals surface area contributed by atoms with Gasteiger partial charge in [-0.05, 0) is 0 Å². The second-order valence-electron chi connectivity index (χ2n) is 3.11. The van der Waals surface area contributed by atoms with E-state index in [4.69, 9.17) is 12.9 Å². The number of carbonyl (C=O) groups is 1. The van der Waals surface area contributed by atoms with E-state index in [9.17, 15) is 8.53 Å². The molecule has 0 saturated heterocycles. The maximum atomic E-state index is 11.0. The van der Waals surface area contributed by atoms with Gasteiger partial charge in [0.2, 0.25) is 0 Å². The molecule has 3 N–H and O–H groups in total. The molecule has 88 valence electrons. The number of nitrogens with one attached hydrogen (secondary N) is 1. The molecule has 0 spiro atoms. The van der Waals surface area contributed by atoms with Gasteiger partial charge >= 0.3 is 94.9 Å². The number of ether oxygens (including phenoxy) is 1. The summed E-state index contributed by atoms with van der Waals surface area (Å²) in [6.45, 7) is 1.33. The van der Waals surface area contributed by atoms with Gasteiger partial charge in [0, 0.05) is 0 Å². The van der Waals surface area contributed by atoms with Crippen molar-refractivity contribution in [2.45, 2.75) is 6.92 Å². The van der Waals surface area contributed by atoms with Crippen LogP contribution in [0.1, 0.15) is 6.92 Å². The number of carbonyl (C=O) groups excluding carboxylic acids is 1. The summed E-state index contributed by atoms with van der Waals surface area (Å²) in [6, 6.07) is 3.90. The normalized spacial score (nSPS) is 11.0. The molecule has 1 aromatic carbocycles. The van der Waals surface area contributed by atoms with E-state index in [-0.39, 0.29) is 16.0 Å². The van der Waals surface area contributed by atoms with Crippen molar-refractivity contribution in [3.63, 3.8) is 0 Å². The first-order valence-electron chi connectivity index (χ1n) is 4.36. The van der Waals surface area contributed by atoms with Crippen LogP contribution in [-0.4, -0.2) is 35.4 Å². The molecule has 16 heavy (non-hydrogen) atoms. The topological polar surface area (TPSA) is 95.9 Å². The number of hydrogen-bond acceptors (Lipinski definition) is 3. The molecule has 0 aliphatic rings. The van der Waals surface area contributed by atoms with Crippen LogP contribution in [0.25, 0.3) is 0 Å². The number of benzene rings is 1. The van der Waals surface area contributed by atoms with Gasteiger partial charge in [-0.25, -0.2) is 0 Å². The Balaban J connectivity index is 3.17. The van der Waals surface area contributed by atoms with Crippen LogP contribution in [0.15, 0.2) is 18.2 Å². The fourth-order valence-corrected chi connectivity index (χ4v) is 2.32. The number of amides is 1. The van der Waals surface area contributed by atoms with Gasteiger partial charge in [-0.1, -0.05) is 0 Å². The number of rotatable bonds is 3. The van der Waals surface area contributed by atoms with Crippen LogP contribution in [0.3, 0.4) is 0 Å². The van der Waals surface area contributed by atoms with E-state index in [1.807, 2.05) is 0 Å². The zero-order chi connectivity index (χ0) is 12.3. The van der Waals surface area contributed by atoms with Gasteiger partial charge in [0.15, 0.2) is 0 Å². The van der Waals surface area contributed by atoms with Crippen molar-refractivity contribution in [2.75, 3.05) is 12.4 Å². The van der Waals surface area contributed by atoms with Crippen LogP contribution in [0.4, 0.5) is 5.69 Å². The molecule has 0 radical (unpaired) electrons. The zero-order valence-corrected chi connectivity index (χ0v) is 10.7. The van der Waals surface area contributed by atoms with E-state index in [0.29, 0.717) is 5.69 Å². The van der Waals surface area contributed by atoms with E-state index in [1.54, 1.807) is 0 Å². The van der Waals surface area contributed by atoms with E-state index >= 15 is 0 Å². The molecule has 0 saturated carbocycles. The molecule has 0 fully saturated rings. The molecule has 0 aromatic heterocycles. The Morgan fingerprint density at radius 2 is 2.06 bits per heavy atom. The summed E-state index contributed by atoms with van der Waals surface area (Å²) in [4.78, 5) is 10.8. The molecule has 0 atom stereocenters. The molecule has 1 amide bonds. The van der Waals surface area contributed by atoms with Gasteiger partial charge in [0.1, 0.15) is 0 Å². The van der Waals surface area contributed by atoms with E-state index in [2.05, 4.69) is 5.32 Å². The van der Waals surface area contributed by atoms with E-state index < -0.39 is 14.2 Å². The summed E-state index contributed by atoms with van der Waals surface area (Å²) >= 11 is -4.92. The van der Waals surface area contributed by atoms with Gasteiger partial charge in [-0.15, -0.1) is 0 Å². The second kappa shape index (κ2) is 4.74. The number of hydrogen-bond donors (Lipinski definition) is 3. The predicted octanol–water partition coefficient (Wildman–Crippen LogP) is -0.785. The van der Waals surface area contributed by atoms with Gasteiger partial charge in [-0.2, -0.15) is 0 Å². The van der Waals surface area contributed by atoms with Gasteiger partial charge in [0.05, 0.1) is 0 Å². The molecule has 0 bridgehead atoms. The Labute approximate surface area is 95.2 Å². The molecular formula is C9H12AsNO5. The van der Waals surface area contributed by atoms with Crippen LogP contribution in [-0.2, 0) is 8.53 Å².